The Hall–Kier alpha value is -2.06. The van der Waals surface area contributed by atoms with Crippen molar-refractivity contribution in [1.29, 1.82) is 0 Å². The van der Waals surface area contributed by atoms with Gasteiger partial charge in [0.15, 0.2) is 5.95 Å². The van der Waals surface area contributed by atoms with Gasteiger partial charge in [-0.05, 0) is 18.5 Å². The number of nitrogens with one attached hydrogen (secondary N) is 1. The Kier molecular flexibility index (Phi) is 3.57. The molecule has 7 nitrogen and oxygen atoms in total. The smallest absolute Gasteiger partial charge is 0.318 e. The van der Waals surface area contributed by atoms with Crippen LogP contribution in [0.1, 0.15) is 24.9 Å². The highest BCUT2D eigenvalue weighted by Gasteiger charge is 2.49. The molecular weight excluding hydrogens is 306 g/mol. The van der Waals surface area contributed by atoms with Crippen molar-refractivity contribution in [3.8, 4) is 11.6 Å². The van der Waals surface area contributed by atoms with E-state index in [0.29, 0.717) is 5.69 Å². The van der Waals surface area contributed by atoms with Gasteiger partial charge in [-0.3, -0.25) is 10.1 Å². The van der Waals surface area contributed by atoms with Gasteiger partial charge in [0, 0.05) is 17.7 Å². The second kappa shape index (κ2) is 5.29. The van der Waals surface area contributed by atoms with Crippen molar-refractivity contribution >= 4 is 17.7 Å². The third kappa shape index (κ3) is 2.44. The van der Waals surface area contributed by atoms with Gasteiger partial charge < -0.3 is 14.7 Å². The van der Waals surface area contributed by atoms with E-state index in [4.69, 9.17) is 4.52 Å². The minimum Gasteiger partial charge on any atom is -0.539 e. The first-order valence-corrected chi connectivity index (χ1v) is 7.65. The van der Waals surface area contributed by atoms with E-state index in [1.807, 2.05) is 18.2 Å². The zero-order chi connectivity index (χ0) is 15.9. The Bertz CT molecular complexity index is 701. The van der Waals surface area contributed by atoms with Crippen molar-refractivity contribution in [2.75, 3.05) is 0 Å². The first-order valence-electron chi connectivity index (χ1n) is 6.70. The van der Waals surface area contributed by atoms with Crippen LogP contribution >= 0.6 is 11.8 Å². The second-order valence-electron chi connectivity index (χ2n) is 5.59. The molecule has 2 atom stereocenters. The summed E-state index contributed by atoms with van der Waals surface area (Å²) >= 11 is 1.17. The molecular formula is C14H15N3O4S. The number of thioether (sulfide) groups is 1. The highest BCUT2D eigenvalue weighted by molar-refractivity contribution is 8.01. The van der Waals surface area contributed by atoms with Gasteiger partial charge >= 0.3 is 5.97 Å². The number of hydrogen-bond donors (Lipinski definition) is 2. The Labute approximate surface area is 130 Å². The van der Waals surface area contributed by atoms with Crippen molar-refractivity contribution in [2.24, 2.45) is 0 Å². The van der Waals surface area contributed by atoms with Gasteiger partial charge in [0.2, 0.25) is 5.69 Å². The van der Waals surface area contributed by atoms with Gasteiger partial charge in [-0.2, -0.15) is 0 Å². The summed E-state index contributed by atoms with van der Waals surface area (Å²) in [6.45, 7) is 3.59. The van der Waals surface area contributed by atoms with E-state index in [-0.39, 0.29) is 5.69 Å². The summed E-state index contributed by atoms with van der Waals surface area (Å²) in [5.41, 5.74) is 0.315. The molecule has 8 heteroatoms. The molecule has 2 heterocycles. The van der Waals surface area contributed by atoms with Gasteiger partial charge in [-0.15, -0.1) is 11.8 Å². The van der Waals surface area contributed by atoms with Crippen molar-refractivity contribution in [3.05, 3.63) is 36.0 Å². The first-order chi connectivity index (χ1) is 10.4. The fraction of sp³-hybridized carbons (Fsp3) is 0.357. The Balaban J connectivity index is 2.00. The summed E-state index contributed by atoms with van der Waals surface area (Å²) in [7, 11) is 0. The van der Waals surface area contributed by atoms with E-state index in [0.717, 1.165) is 0 Å². The molecule has 3 rings (SSSR count). The number of carboxylic acids is 1. The molecule has 1 aromatic carbocycles. The molecule has 1 fully saturated rings. The highest BCUT2D eigenvalue weighted by atomic mass is 32.2. The molecule has 1 saturated heterocycles. The van der Waals surface area contributed by atoms with Crippen LogP contribution in [0, 0.1) is 0 Å². The molecule has 2 N–H and O–H groups in total. The lowest BCUT2D eigenvalue weighted by atomic mass is 10.0. The Morgan fingerprint density at radius 2 is 2.14 bits per heavy atom. The summed E-state index contributed by atoms with van der Waals surface area (Å²) in [4.78, 5) is 11.4. The van der Waals surface area contributed by atoms with E-state index in [1.54, 1.807) is 26.0 Å². The maximum absolute atomic E-state index is 12.0. The SMILES string of the molecule is CC1(C)NC(c2c([O-])on[n+]2-c2ccccc2)SC1C(=O)O. The average Bonchev–Trinajstić information content (AvgIpc) is 2.99. The maximum atomic E-state index is 12.0. The van der Waals surface area contributed by atoms with E-state index in [9.17, 15) is 15.0 Å². The lowest BCUT2D eigenvalue weighted by Crippen LogP contribution is -2.46. The fourth-order valence-electron chi connectivity index (χ4n) is 2.48. The number of nitrogens with zero attached hydrogens (tertiary/aromatic N) is 2. The van der Waals surface area contributed by atoms with Crippen LogP contribution in [0.4, 0.5) is 0 Å². The lowest BCUT2D eigenvalue weighted by Gasteiger charge is -2.22. The number of carbonyl (C=O) groups is 1. The number of benzene rings is 1. The molecule has 0 spiro atoms. The molecule has 0 aliphatic carbocycles. The van der Waals surface area contributed by atoms with Gasteiger partial charge in [0.25, 0.3) is 5.69 Å². The third-order valence-corrected chi connectivity index (χ3v) is 5.22. The van der Waals surface area contributed by atoms with Crippen LogP contribution in [0.25, 0.3) is 5.69 Å². The van der Waals surface area contributed by atoms with Crippen LogP contribution in [0.5, 0.6) is 5.95 Å². The maximum Gasteiger partial charge on any atom is 0.318 e. The van der Waals surface area contributed by atoms with E-state index >= 15 is 0 Å². The monoisotopic (exact) mass is 321 g/mol. The molecule has 22 heavy (non-hydrogen) atoms. The van der Waals surface area contributed by atoms with Crippen LogP contribution in [0.2, 0.25) is 0 Å². The summed E-state index contributed by atoms with van der Waals surface area (Å²) in [6, 6.07) is 9.10. The standard InChI is InChI=1S/C14H15N3O4S/c1-14(2)10(12(18)19)22-11(15-14)9-13(20)21-16-17(9)8-6-4-3-5-7-8/h3-7,10-11,15H,1-2H3,(H-,16,18,19,20). The normalized spacial score (nSPS) is 23.5. The number of carboxylic acid groups (broad SMARTS) is 1. The second-order valence-corrected chi connectivity index (χ2v) is 6.81. The van der Waals surface area contributed by atoms with Crippen LogP contribution in [0.15, 0.2) is 34.9 Å². The zero-order valence-corrected chi connectivity index (χ0v) is 12.8. The molecule has 0 radical (unpaired) electrons. The summed E-state index contributed by atoms with van der Waals surface area (Å²) in [5, 5.41) is 27.2. The molecule has 2 aromatic rings. The summed E-state index contributed by atoms with van der Waals surface area (Å²) in [5.74, 6) is -1.49. The van der Waals surface area contributed by atoms with Crippen LogP contribution in [-0.2, 0) is 4.79 Å². The fourth-order valence-corrected chi connectivity index (χ4v) is 3.98. The van der Waals surface area contributed by atoms with Gasteiger partial charge in [-0.1, -0.05) is 18.2 Å². The summed E-state index contributed by atoms with van der Waals surface area (Å²) < 4.78 is 6.19. The molecule has 116 valence electrons. The lowest BCUT2D eigenvalue weighted by molar-refractivity contribution is -0.678. The largest absolute Gasteiger partial charge is 0.539 e. The molecule has 1 aromatic heterocycles. The summed E-state index contributed by atoms with van der Waals surface area (Å²) in [6.07, 6.45) is 0. The molecule has 0 amide bonds. The van der Waals surface area contributed by atoms with E-state index < -0.39 is 28.1 Å². The minimum atomic E-state index is -0.917. The predicted molar refractivity (Wildman–Crippen MR) is 76.5 cm³/mol. The third-order valence-electron chi connectivity index (χ3n) is 3.55. The van der Waals surface area contributed by atoms with Crippen molar-refractivity contribution in [2.45, 2.75) is 30.0 Å². The Morgan fingerprint density at radius 1 is 1.45 bits per heavy atom. The van der Waals surface area contributed by atoms with Crippen LogP contribution < -0.4 is 15.1 Å². The number of rotatable bonds is 3. The molecule has 1 aliphatic rings. The molecule has 2 unspecified atom stereocenters. The van der Waals surface area contributed by atoms with Gasteiger partial charge in [0.05, 0.1) is 5.27 Å². The average molecular weight is 321 g/mol. The number of aromatic nitrogens is 2. The zero-order valence-electron chi connectivity index (χ0n) is 12.0. The minimum absolute atomic E-state index is 0.285. The van der Waals surface area contributed by atoms with E-state index in [1.165, 1.54) is 16.4 Å². The van der Waals surface area contributed by atoms with E-state index in [2.05, 4.69) is 10.6 Å². The van der Waals surface area contributed by atoms with Gasteiger partial charge in [0.1, 0.15) is 10.6 Å². The number of aliphatic carboxylic acids is 1. The highest BCUT2D eigenvalue weighted by Crippen LogP contribution is 2.44. The van der Waals surface area contributed by atoms with Crippen LogP contribution in [0.3, 0.4) is 0 Å². The quantitative estimate of drug-likeness (QED) is 0.798. The molecule has 0 saturated carbocycles. The van der Waals surface area contributed by atoms with Crippen molar-refractivity contribution in [3.63, 3.8) is 0 Å². The predicted octanol–water partition coefficient (Wildman–Crippen LogP) is 0.592. The van der Waals surface area contributed by atoms with Crippen LogP contribution in [-0.4, -0.2) is 27.1 Å². The number of hydrogen-bond acceptors (Lipinski definition) is 6. The van der Waals surface area contributed by atoms with Gasteiger partial charge in [-0.25, -0.2) is 0 Å². The molecule has 0 bridgehead atoms. The molecule has 1 aliphatic heterocycles. The van der Waals surface area contributed by atoms with Crippen molar-refractivity contribution in [1.82, 2.24) is 10.6 Å². The first kappa shape index (κ1) is 14.9. The Morgan fingerprint density at radius 3 is 2.73 bits per heavy atom. The van der Waals surface area contributed by atoms with Crippen molar-refractivity contribution < 1.29 is 24.2 Å². The topological polar surface area (TPSA) is 102 Å². The number of para-hydroxylation sites is 1.